The highest BCUT2D eigenvalue weighted by molar-refractivity contribution is 7.08. The van der Waals surface area contributed by atoms with Crippen LogP contribution in [0.25, 0.3) is 0 Å². The molecule has 0 saturated carbocycles. The number of rotatable bonds is 2. The molecule has 2 heterocycles. The zero-order chi connectivity index (χ0) is 14.2. The molecule has 1 atom stereocenters. The summed E-state index contributed by atoms with van der Waals surface area (Å²) >= 11 is 1.08. The predicted molar refractivity (Wildman–Crippen MR) is 70.3 cm³/mol. The first kappa shape index (κ1) is 13.9. The van der Waals surface area contributed by atoms with Crippen molar-refractivity contribution >= 4 is 23.4 Å². The largest absolute Gasteiger partial charge is 0.481 e. The van der Waals surface area contributed by atoms with Crippen molar-refractivity contribution in [1.82, 2.24) is 14.5 Å². The van der Waals surface area contributed by atoms with Crippen molar-refractivity contribution in [3.8, 4) is 0 Å². The van der Waals surface area contributed by atoms with Crippen LogP contribution >= 0.6 is 11.5 Å². The number of carbonyl (C=O) groups is 2. The van der Waals surface area contributed by atoms with Crippen molar-refractivity contribution in [1.29, 1.82) is 0 Å². The quantitative estimate of drug-likeness (QED) is 0.886. The summed E-state index contributed by atoms with van der Waals surface area (Å²) in [5.41, 5.74) is 0.436. The molecule has 0 aliphatic carbocycles. The topological polar surface area (TPSA) is 83.4 Å². The highest BCUT2D eigenvalue weighted by Gasteiger charge is 2.35. The van der Waals surface area contributed by atoms with Gasteiger partial charge in [-0.15, -0.1) is 5.10 Å². The Morgan fingerprint density at radius 3 is 2.63 bits per heavy atom. The van der Waals surface area contributed by atoms with Crippen molar-refractivity contribution in [2.45, 2.75) is 32.6 Å². The Balaban J connectivity index is 2.18. The van der Waals surface area contributed by atoms with Crippen molar-refractivity contribution in [3.05, 3.63) is 10.6 Å². The average Bonchev–Trinajstić information content (AvgIpc) is 2.96. The molecule has 0 spiro atoms. The highest BCUT2D eigenvalue weighted by Crippen LogP contribution is 2.28. The summed E-state index contributed by atoms with van der Waals surface area (Å²) in [5, 5.41) is 13.0. The van der Waals surface area contributed by atoms with Crippen LogP contribution in [0.1, 0.15) is 42.6 Å². The molecular formula is C12H17N3O3S. The lowest BCUT2D eigenvalue weighted by atomic mass is 9.91. The van der Waals surface area contributed by atoms with E-state index in [1.54, 1.807) is 4.90 Å². The molecule has 0 bridgehead atoms. The van der Waals surface area contributed by atoms with Gasteiger partial charge in [0.1, 0.15) is 4.88 Å². The summed E-state index contributed by atoms with van der Waals surface area (Å²) in [6.07, 6.45) is 0.512. The number of hydrogen-bond acceptors (Lipinski definition) is 5. The maximum atomic E-state index is 12.4. The number of amides is 1. The fourth-order valence-electron chi connectivity index (χ4n) is 2.11. The van der Waals surface area contributed by atoms with Gasteiger partial charge in [0.05, 0.1) is 11.6 Å². The molecule has 7 heteroatoms. The average molecular weight is 283 g/mol. The van der Waals surface area contributed by atoms with Crippen LogP contribution in [-0.2, 0) is 10.2 Å². The van der Waals surface area contributed by atoms with E-state index in [0.29, 0.717) is 23.5 Å². The zero-order valence-electron chi connectivity index (χ0n) is 11.2. The maximum absolute atomic E-state index is 12.4. The third-order valence-corrected chi connectivity index (χ3v) is 3.93. The lowest BCUT2D eigenvalue weighted by Crippen LogP contribution is -2.31. The van der Waals surface area contributed by atoms with E-state index in [1.165, 1.54) is 0 Å². The summed E-state index contributed by atoms with van der Waals surface area (Å²) in [6.45, 7) is 6.69. The smallest absolute Gasteiger partial charge is 0.308 e. The summed E-state index contributed by atoms with van der Waals surface area (Å²) in [5.74, 6) is -1.44. The second-order valence-electron chi connectivity index (χ2n) is 5.78. The molecule has 1 aromatic rings. The molecule has 1 saturated heterocycles. The van der Waals surface area contributed by atoms with Gasteiger partial charge in [0.15, 0.2) is 0 Å². The molecule has 0 aromatic carbocycles. The van der Waals surface area contributed by atoms with Crippen LogP contribution in [0.15, 0.2) is 0 Å². The van der Waals surface area contributed by atoms with Gasteiger partial charge in [-0.2, -0.15) is 0 Å². The van der Waals surface area contributed by atoms with Gasteiger partial charge in [-0.1, -0.05) is 25.3 Å². The van der Waals surface area contributed by atoms with Crippen molar-refractivity contribution < 1.29 is 14.7 Å². The molecule has 1 fully saturated rings. The minimum absolute atomic E-state index is 0.149. The first-order chi connectivity index (χ1) is 8.80. The normalized spacial score (nSPS) is 19.7. The molecular weight excluding hydrogens is 266 g/mol. The Bertz CT molecular complexity index is 507. The number of likely N-dealkylation sites (tertiary alicyclic amines) is 1. The molecule has 1 aromatic heterocycles. The number of carboxylic acids is 1. The van der Waals surface area contributed by atoms with Crippen LogP contribution in [-0.4, -0.2) is 44.6 Å². The minimum atomic E-state index is -0.839. The Kier molecular flexibility index (Phi) is 3.58. The Labute approximate surface area is 115 Å². The van der Waals surface area contributed by atoms with Crippen LogP contribution in [0.4, 0.5) is 0 Å². The van der Waals surface area contributed by atoms with E-state index in [1.807, 2.05) is 20.8 Å². The molecule has 2 rings (SSSR count). The molecule has 1 amide bonds. The summed E-state index contributed by atoms with van der Waals surface area (Å²) in [7, 11) is 0. The van der Waals surface area contributed by atoms with E-state index in [4.69, 9.17) is 5.11 Å². The second kappa shape index (κ2) is 4.88. The summed E-state index contributed by atoms with van der Waals surface area (Å²) < 4.78 is 3.86. The van der Waals surface area contributed by atoms with Gasteiger partial charge < -0.3 is 10.0 Å². The van der Waals surface area contributed by atoms with E-state index in [-0.39, 0.29) is 17.9 Å². The zero-order valence-corrected chi connectivity index (χ0v) is 12.0. The van der Waals surface area contributed by atoms with Crippen LogP contribution in [0.3, 0.4) is 0 Å². The fourth-order valence-corrected chi connectivity index (χ4v) is 2.96. The lowest BCUT2D eigenvalue weighted by molar-refractivity contribution is -0.141. The van der Waals surface area contributed by atoms with Gasteiger partial charge in [0, 0.05) is 18.5 Å². The van der Waals surface area contributed by atoms with Crippen molar-refractivity contribution in [3.63, 3.8) is 0 Å². The van der Waals surface area contributed by atoms with E-state index in [2.05, 4.69) is 9.59 Å². The SMILES string of the molecule is CC(C)(C)c1nnsc1C(=O)N1CCC(C(=O)O)C1. The van der Waals surface area contributed by atoms with E-state index in [0.717, 1.165) is 11.5 Å². The Morgan fingerprint density at radius 2 is 2.11 bits per heavy atom. The number of carboxylic acid groups (broad SMARTS) is 1. The number of hydrogen-bond donors (Lipinski definition) is 1. The summed E-state index contributed by atoms with van der Waals surface area (Å²) in [6, 6.07) is 0. The molecule has 1 aliphatic rings. The Hall–Kier alpha value is -1.50. The fraction of sp³-hybridized carbons (Fsp3) is 0.667. The first-order valence-corrected chi connectivity index (χ1v) is 6.93. The van der Waals surface area contributed by atoms with Gasteiger partial charge in [-0.3, -0.25) is 9.59 Å². The van der Waals surface area contributed by atoms with Crippen LogP contribution in [0.2, 0.25) is 0 Å². The van der Waals surface area contributed by atoms with E-state index in [9.17, 15) is 9.59 Å². The molecule has 6 nitrogen and oxygen atoms in total. The highest BCUT2D eigenvalue weighted by atomic mass is 32.1. The molecule has 1 aliphatic heterocycles. The van der Waals surface area contributed by atoms with Crippen LogP contribution < -0.4 is 0 Å². The van der Waals surface area contributed by atoms with Crippen molar-refractivity contribution in [2.75, 3.05) is 13.1 Å². The molecule has 0 radical (unpaired) electrons. The van der Waals surface area contributed by atoms with Crippen LogP contribution in [0.5, 0.6) is 0 Å². The van der Waals surface area contributed by atoms with Gasteiger partial charge >= 0.3 is 5.97 Å². The molecule has 1 N–H and O–H groups in total. The standard InChI is InChI=1S/C12H17N3O3S/c1-12(2,3)9-8(19-14-13-9)10(16)15-5-4-7(6-15)11(17)18/h7H,4-6H2,1-3H3,(H,17,18). The van der Waals surface area contributed by atoms with E-state index >= 15 is 0 Å². The van der Waals surface area contributed by atoms with Gasteiger partial charge in [0.25, 0.3) is 5.91 Å². The van der Waals surface area contributed by atoms with Gasteiger partial charge in [-0.05, 0) is 18.0 Å². The third kappa shape index (κ3) is 2.75. The predicted octanol–water partition coefficient (Wildman–Crippen LogP) is 1.38. The first-order valence-electron chi connectivity index (χ1n) is 6.15. The van der Waals surface area contributed by atoms with Gasteiger partial charge in [-0.25, -0.2) is 0 Å². The number of carbonyl (C=O) groups excluding carboxylic acids is 1. The maximum Gasteiger partial charge on any atom is 0.308 e. The Morgan fingerprint density at radius 1 is 1.42 bits per heavy atom. The van der Waals surface area contributed by atoms with Gasteiger partial charge in [0.2, 0.25) is 0 Å². The van der Waals surface area contributed by atoms with Crippen LogP contribution in [0, 0.1) is 5.92 Å². The molecule has 1 unspecified atom stereocenters. The summed E-state index contributed by atoms with van der Waals surface area (Å²) in [4.78, 5) is 25.4. The number of aromatic nitrogens is 2. The number of aliphatic carboxylic acids is 1. The second-order valence-corrected chi connectivity index (χ2v) is 6.53. The molecule has 19 heavy (non-hydrogen) atoms. The number of nitrogens with zero attached hydrogens (tertiary/aromatic N) is 3. The lowest BCUT2D eigenvalue weighted by Gasteiger charge is -2.19. The van der Waals surface area contributed by atoms with Crippen molar-refractivity contribution in [2.24, 2.45) is 5.92 Å². The molecule has 104 valence electrons. The monoisotopic (exact) mass is 283 g/mol. The third-order valence-electron chi connectivity index (χ3n) is 3.22. The van der Waals surface area contributed by atoms with E-state index < -0.39 is 11.9 Å². The minimum Gasteiger partial charge on any atom is -0.481 e.